The van der Waals surface area contributed by atoms with E-state index in [1.165, 1.54) is 15.7 Å². The molecule has 136 valence electrons. The summed E-state index contributed by atoms with van der Waals surface area (Å²) in [6.07, 6.45) is 3.14. The number of rotatable bonds is 3. The fourth-order valence-corrected chi connectivity index (χ4v) is 3.23. The molecule has 0 saturated carbocycles. The molecule has 2 amide bonds. The summed E-state index contributed by atoms with van der Waals surface area (Å²) in [4.78, 5) is 25.3. The highest BCUT2D eigenvalue weighted by Gasteiger charge is 2.30. The van der Waals surface area contributed by atoms with Crippen molar-refractivity contribution in [1.82, 2.24) is 14.7 Å². The van der Waals surface area contributed by atoms with Gasteiger partial charge < -0.3 is 21.5 Å². The second-order valence-corrected chi connectivity index (χ2v) is 6.48. The van der Waals surface area contributed by atoms with Crippen molar-refractivity contribution in [3.05, 3.63) is 46.7 Å². The van der Waals surface area contributed by atoms with Crippen molar-refractivity contribution in [2.45, 2.75) is 19.8 Å². The van der Waals surface area contributed by atoms with Crippen LogP contribution in [-0.2, 0) is 4.79 Å². The maximum absolute atomic E-state index is 12.0. The van der Waals surface area contributed by atoms with Crippen LogP contribution in [0.15, 0.2) is 24.3 Å². The van der Waals surface area contributed by atoms with Gasteiger partial charge >= 0.3 is 0 Å². The number of aromatic nitrogens is 2. The molecule has 1 aromatic heterocycles. The fourth-order valence-electron chi connectivity index (χ4n) is 3.23. The number of nitrogen functional groups attached to an aromatic ring is 1. The lowest BCUT2D eigenvalue weighted by molar-refractivity contribution is -0.125. The number of nitrogens with zero attached hydrogens (tertiary/aromatic N) is 3. The molecule has 2 aromatic rings. The van der Waals surface area contributed by atoms with Crippen LogP contribution >= 0.6 is 0 Å². The molecule has 1 unspecified atom stereocenters. The van der Waals surface area contributed by atoms with E-state index in [1.54, 1.807) is 32.2 Å². The van der Waals surface area contributed by atoms with E-state index in [1.807, 2.05) is 6.92 Å². The number of likely N-dealkylation sites (N-methyl/N-ethyl adjacent to an activating group) is 1. The molecule has 0 fully saturated rings. The van der Waals surface area contributed by atoms with Gasteiger partial charge in [0.1, 0.15) is 17.1 Å². The number of carbonyl (C=O) groups excluding carboxylic acids is 2. The first-order valence-corrected chi connectivity index (χ1v) is 8.13. The Bertz CT molecular complexity index is 945. The molecule has 1 aliphatic rings. The second-order valence-electron chi connectivity index (χ2n) is 6.48. The minimum Gasteiger partial charge on any atom is -0.508 e. The van der Waals surface area contributed by atoms with E-state index in [0.717, 1.165) is 5.56 Å². The minimum absolute atomic E-state index is 0.102. The van der Waals surface area contributed by atoms with Crippen molar-refractivity contribution in [3.8, 4) is 11.4 Å². The Kier molecular flexibility index (Phi) is 4.19. The summed E-state index contributed by atoms with van der Waals surface area (Å²) < 4.78 is 1.43. The van der Waals surface area contributed by atoms with Gasteiger partial charge in [0.05, 0.1) is 11.4 Å². The van der Waals surface area contributed by atoms with E-state index in [-0.39, 0.29) is 29.0 Å². The van der Waals surface area contributed by atoms with Crippen molar-refractivity contribution in [2.24, 2.45) is 5.73 Å². The Hall–Kier alpha value is -3.29. The van der Waals surface area contributed by atoms with Gasteiger partial charge in [0, 0.05) is 25.1 Å². The van der Waals surface area contributed by atoms with Crippen LogP contribution in [-0.4, -0.2) is 45.2 Å². The third-order valence-corrected chi connectivity index (χ3v) is 4.68. The van der Waals surface area contributed by atoms with Crippen molar-refractivity contribution in [3.63, 3.8) is 0 Å². The number of nitrogens with two attached hydrogens (primary N) is 2. The van der Waals surface area contributed by atoms with E-state index < -0.39 is 5.91 Å². The third-order valence-electron chi connectivity index (χ3n) is 4.68. The average Bonchev–Trinajstić information content (AvgIpc) is 2.91. The largest absolute Gasteiger partial charge is 0.508 e. The molecule has 0 radical (unpaired) electrons. The zero-order valence-electron chi connectivity index (χ0n) is 14.9. The van der Waals surface area contributed by atoms with Crippen molar-refractivity contribution in [1.29, 1.82) is 0 Å². The summed E-state index contributed by atoms with van der Waals surface area (Å²) >= 11 is 0. The Balaban J connectivity index is 2.22. The van der Waals surface area contributed by atoms with Crippen molar-refractivity contribution < 1.29 is 14.7 Å². The minimum atomic E-state index is -0.688. The number of phenols is 1. The highest BCUT2D eigenvalue weighted by Crippen LogP contribution is 2.33. The lowest BCUT2D eigenvalue weighted by atomic mass is 9.97. The molecule has 3 rings (SSSR count). The molecule has 1 aliphatic heterocycles. The number of carbonyl (C=O) groups is 2. The molecule has 26 heavy (non-hydrogen) atoms. The topological polar surface area (TPSA) is 127 Å². The number of phenolic OH excluding ortho intramolecular Hbond substituents is 1. The first-order chi connectivity index (χ1) is 12.2. The molecule has 2 heterocycles. The fraction of sp³-hybridized carbons (Fsp3) is 0.278. The smallest absolute Gasteiger partial charge is 0.254 e. The summed E-state index contributed by atoms with van der Waals surface area (Å²) in [5, 5.41) is 14.6. The molecule has 1 aromatic carbocycles. The van der Waals surface area contributed by atoms with Crippen molar-refractivity contribution >= 4 is 17.6 Å². The standard InChI is InChI=1S/C18H21N5O3/c1-9-4-6-12(24)10(2)16(9)23-17(19)14(18(20)26)15(21-23)11-5-7-13(25)22(3)8-11/h4-7,11,24H,8,19H2,1-3H3,(H2,20,26). The van der Waals surface area contributed by atoms with Gasteiger partial charge in [0.2, 0.25) is 5.91 Å². The number of benzene rings is 1. The summed E-state index contributed by atoms with van der Waals surface area (Å²) in [5.41, 5.74) is 14.3. The Morgan fingerprint density at radius 1 is 1.35 bits per heavy atom. The number of hydrogen-bond donors (Lipinski definition) is 3. The summed E-state index contributed by atoms with van der Waals surface area (Å²) in [5.74, 6) is -0.898. The SMILES string of the molecule is Cc1ccc(O)c(C)c1-n1nc(C2C=CC(=O)N(C)C2)c(C(N)=O)c1N. The molecule has 8 nitrogen and oxygen atoms in total. The Morgan fingerprint density at radius 3 is 2.65 bits per heavy atom. The summed E-state index contributed by atoms with van der Waals surface area (Å²) in [7, 11) is 1.67. The number of aryl methyl sites for hydroxylation is 1. The highest BCUT2D eigenvalue weighted by molar-refractivity contribution is 5.99. The monoisotopic (exact) mass is 355 g/mol. The first-order valence-electron chi connectivity index (χ1n) is 8.13. The average molecular weight is 355 g/mol. The number of anilines is 1. The van der Waals surface area contributed by atoms with Crippen LogP contribution in [0.4, 0.5) is 5.82 Å². The van der Waals surface area contributed by atoms with E-state index in [4.69, 9.17) is 11.5 Å². The van der Waals surface area contributed by atoms with Gasteiger partial charge in [-0.3, -0.25) is 9.59 Å². The van der Waals surface area contributed by atoms with Gasteiger partial charge in [-0.2, -0.15) is 5.10 Å². The van der Waals surface area contributed by atoms with Crippen LogP contribution in [0.3, 0.4) is 0 Å². The highest BCUT2D eigenvalue weighted by atomic mass is 16.3. The normalized spacial score (nSPS) is 17.0. The first kappa shape index (κ1) is 17.5. The molecular formula is C18H21N5O3. The van der Waals surface area contributed by atoms with E-state index >= 15 is 0 Å². The maximum Gasteiger partial charge on any atom is 0.254 e. The molecule has 1 atom stereocenters. The molecule has 0 spiro atoms. The zero-order chi connectivity index (χ0) is 19.2. The van der Waals surface area contributed by atoms with E-state index in [2.05, 4.69) is 5.10 Å². The molecule has 8 heteroatoms. The van der Waals surface area contributed by atoms with E-state index in [0.29, 0.717) is 23.5 Å². The lowest BCUT2D eigenvalue weighted by Gasteiger charge is -2.24. The number of aromatic hydroxyl groups is 1. The van der Waals surface area contributed by atoms with Crippen LogP contribution in [0.2, 0.25) is 0 Å². The molecular weight excluding hydrogens is 334 g/mol. The summed E-state index contributed by atoms with van der Waals surface area (Å²) in [6, 6.07) is 3.34. The van der Waals surface area contributed by atoms with Crippen LogP contribution in [0.25, 0.3) is 5.69 Å². The predicted molar refractivity (Wildman–Crippen MR) is 97.2 cm³/mol. The van der Waals surface area contributed by atoms with Crippen molar-refractivity contribution in [2.75, 3.05) is 19.3 Å². The van der Waals surface area contributed by atoms with Gasteiger partial charge in [0.25, 0.3) is 5.91 Å². The number of amides is 2. The van der Waals surface area contributed by atoms with Crippen LogP contribution in [0.1, 0.15) is 33.1 Å². The molecule has 0 bridgehead atoms. The van der Waals surface area contributed by atoms with Crippen LogP contribution in [0.5, 0.6) is 5.75 Å². The van der Waals surface area contributed by atoms with Gasteiger partial charge in [-0.1, -0.05) is 12.1 Å². The lowest BCUT2D eigenvalue weighted by Crippen LogP contribution is -2.33. The molecule has 0 saturated heterocycles. The summed E-state index contributed by atoms with van der Waals surface area (Å²) in [6.45, 7) is 3.97. The maximum atomic E-state index is 12.0. The van der Waals surface area contributed by atoms with Gasteiger partial charge in [0.15, 0.2) is 0 Å². The van der Waals surface area contributed by atoms with Crippen LogP contribution in [0, 0.1) is 13.8 Å². The van der Waals surface area contributed by atoms with Gasteiger partial charge in [-0.25, -0.2) is 4.68 Å². The van der Waals surface area contributed by atoms with Gasteiger partial charge in [-0.15, -0.1) is 0 Å². The quantitative estimate of drug-likeness (QED) is 0.756. The number of primary amides is 1. The predicted octanol–water partition coefficient (Wildman–Crippen LogP) is 0.988. The molecule has 5 N–H and O–H groups in total. The second kappa shape index (κ2) is 6.21. The Labute approximate surface area is 150 Å². The number of hydrogen-bond acceptors (Lipinski definition) is 5. The Morgan fingerprint density at radius 2 is 2.04 bits per heavy atom. The van der Waals surface area contributed by atoms with Crippen LogP contribution < -0.4 is 11.5 Å². The van der Waals surface area contributed by atoms with Gasteiger partial charge in [-0.05, 0) is 31.6 Å². The molecule has 0 aliphatic carbocycles. The third kappa shape index (κ3) is 2.69. The zero-order valence-corrected chi connectivity index (χ0v) is 14.9. The van der Waals surface area contributed by atoms with E-state index in [9.17, 15) is 14.7 Å².